The Bertz CT molecular complexity index is 931. The Kier molecular flexibility index (Phi) is 4.66. The Balaban J connectivity index is 1.82. The van der Waals surface area contributed by atoms with E-state index >= 15 is 0 Å². The summed E-state index contributed by atoms with van der Waals surface area (Å²) in [6.45, 7) is 2.93. The number of hydrogen-bond acceptors (Lipinski definition) is 3. The van der Waals surface area contributed by atoms with Crippen molar-refractivity contribution in [2.75, 3.05) is 0 Å². The molecule has 0 spiro atoms. The summed E-state index contributed by atoms with van der Waals surface area (Å²) in [7, 11) is 0. The number of amides is 1. The second-order valence-electron chi connectivity index (χ2n) is 5.25. The van der Waals surface area contributed by atoms with Crippen LogP contribution in [0, 0.1) is 0 Å². The highest BCUT2D eigenvalue weighted by Crippen LogP contribution is 2.22. The maximum atomic E-state index is 12.1. The fraction of sp³-hybridized carbons (Fsp3) is 0.111. The van der Waals surface area contributed by atoms with Gasteiger partial charge in [-0.3, -0.25) is 4.79 Å². The van der Waals surface area contributed by atoms with E-state index in [1.807, 2.05) is 30.5 Å². The Morgan fingerprint density at radius 3 is 2.92 bits per heavy atom. The SMILES string of the molecule is CCn1cc(/C=N\NC(=O)c2cc(Br)ccc2O)c2ccccc21. The van der Waals surface area contributed by atoms with E-state index in [-0.39, 0.29) is 11.3 Å². The number of carbonyl (C=O) groups excluding carboxylic acids is 1. The van der Waals surface area contributed by atoms with E-state index in [1.54, 1.807) is 18.3 Å². The molecule has 3 aromatic rings. The molecule has 0 aliphatic heterocycles. The van der Waals surface area contributed by atoms with Gasteiger partial charge in [-0.2, -0.15) is 5.10 Å². The summed E-state index contributed by atoms with van der Waals surface area (Å²) in [6, 6.07) is 12.7. The summed E-state index contributed by atoms with van der Waals surface area (Å²) in [4.78, 5) is 12.1. The van der Waals surface area contributed by atoms with Crippen LogP contribution in [-0.4, -0.2) is 21.8 Å². The zero-order valence-electron chi connectivity index (χ0n) is 13.0. The number of fused-ring (bicyclic) bond motifs is 1. The lowest BCUT2D eigenvalue weighted by atomic mass is 10.2. The van der Waals surface area contributed by atoms with E-state index in [2.05, 4.69) is 37.9 Å². The molecule has 0 unspecified atom stereocenters. The average molecular weight is 386 g/mol. The van der Waals surface area contributed by atoms with Gasteiger partial charge in [0.1, 0.15) is 5.75 Å². The molecule has 5 nitrogen and oxygen atoms in total. The normalized spacial score (nSPS) is 11.2. The molecule has 1 aromatic heterocycles. The van der Waals surface area contributed by atoms with E-state index in [0.29, 0.717) is 4.47 Å². The van der Waals surface area contributed by atoms with E-state index in [1.165, 1.54) is 6.07 Å². The van der Waals surface area contributed by atoms with E-state index in [4.69, 9.17) is 0 Å². The number of nitrogens with one attached hydrogen (secondary N) is 1. The molecule has 24 heavy (non-hydrogen) atoms. The minimum atomic E-state index is -0.468. The van der Waals surface area contributed by atoms with Gasteiger partial charge in [0, 0.05) is 33.7 Å². The van der Waals surface area contributed by atoms with Gasteiger partial charge in [-0.25, -0.2) is 5.43 Å². The minimum Gasteiger partial charge on any atom is -0.507 e. The lowest BCUT2D eigenvalue weighted by Gasteiger charge is -2.03. The Labute approximate surface area is 147 Å². The molecular weight excluding hydrogens is 370 g/mol. The zero-order chi connectivity index (χ0) is 17.1. The van der Waals surface area contributed by atoms with E-state index in [0.717, 1.165) is 23.0 Å². The zero-order valence-corrected chi connectivity index (χ0v) is 14.6. The van der Waals surface area contributed by atoms with Crippen LogP contribution >= 0.6 is 15.9 Å². The highest BCUT2D eigenvalue weighted by molar-refractivity contribution is 9.10. The molecule has 3 rings (SSSR count). The molecule has 0 saturated heterocycles. The van der Waals surface area contributed by atoms with Crippen LogP contribution in [-0.2, 0) is 6.54 Å². The van der Waals surface area contributed by atoms with Gasteiger partial charge in [-0.1, -0.05) is 34.1 Å². The fourth-order valence-electron chi connectivity index (χ4n) is 2.55. The number of nitrogens with zero attached hydrogens (tertiary/aromatic N) is 2. The summed E-state index contributed by atoms with van der Waals surface area (Å²) in [5.74, 6) is -0.558. The van der Waals surface area contributed by atoms with Crippen molar-refractivity contribution in [1.29, 1.82) is 0 Å². The third-order valence-electron chi connectivity index (χ3n) is 3.73. The molecule has 0 saturated carbocycles. The minimum absolute atomic E-state index is 0.0894. The van der Waals surface area contributed by atoms with E-state index < -0.39 is 5.91 Å². The Morgan fingerprint density at radius 1 is 1.33 bits per heavy atom. The predicted octanol–water partition coefficient (Wildman–Crippen LogP) is 3.89. The van der Waals surface area contributed by atoms with Crippen molar-refractivity contribution in [3.8, 4) is 5.75 Å². The van der Waals surface area contributed by atoms with Gasteiger partial charge in [0.15, 0.2) is 0 Å². The number of phenolic OH excluding ortho intramolecular Hbond substituents is 1. The lowest BCUT2D eigenvalue weighted by Crippen LogP contribution is -2.17. The number of halogens is 1. The number of para-hydroxylation sites is 1. The molecule has 0 fully saturated rings. The molecule has 0 radical (unpaired) electrons. The van der Waals surface area contributed by atoms with Gasteiger partial charge in [-0.05, 0) is 31.2 Å². The van der Waals surface area contributed by atoms with Gasteiger partial charge in [-0.15, -0.1) is 0 Å². The number of aromatic nitrogens is 1. The van der Waals surface area contributed by atoms with Crippen molar-refractivity contribution in [1.82, 2.24) is 9.99 Å². The van der Waals surface area contributed by atoms with Crippen LogP contribution in [0.25, 0.3) is 10.9 Å². The number of carbonyl (C=O) groups is 1. The first kappa shape index (κ1) is 16.3. The topological polar surface area (TPSA) is 66.6 Å². The van der Waals surface area contributed by atoms with Gasteiger partial charge in [0.25, 0.3) is 5.91 Å². The number of hydrazone groups is 1. The summed E-state index contributed by atoms with van der Waals surface area (Å²) < 4.78 is 2.83. The molecule has 122 valence electrons. The molecule has 2 N–H and O–H groups in total. The Morgan fingerprint density at radius 2 is 2.12 bits per heavy atom. The number of benzene rings is 2. The summed E-state index contributed by atoms with van der Waals surface area (Å²) in [5, 5.41) is 14.9. The van der Waals surface area contributed by atoms with Crippen LogP contribution in [0.15, 0.2) is 58.2 Å². The molecule has 0 aliphatic rings. The maximum Gasteiger partial charge on any atom is 0.275 e. The molecule has 1 heterocycles. The van der Waals surface area contributed by atoms with Crippen molar-refractivity contribution >= 4 is 39.0 Å². The largest absolute Gasteiger partial charge is 0.507 e. The molecular formula is C18H16BrN3O2. The summed E-state index contributed by atoms with van der Waals surface area (Å²) in [6.07, 6.45) is 3.61. The van der Waals surface area contributed by atoms with Gasteiger partial charge in [0.05, 0.1) is 11.8 Å². The van der Waals surface area contributed by atoms with Gasteiger partial charge in [0.2, 0.25) is 0 Å². The first-order chi connectivity index (χ1) is 11.6. The van der Waals surface area contributed by atoms with Crippen LogP contribution in [0.1, 0.15) is 22.8 Å². The number of aromatic hydroxyl groups is 1. The van der Waals surface area contributed by atoms with Crippen LogP contribution in [0.5, 0.6) is 5.75 Å². The molecule has 0 aliphatic carbocycles. The monoisotopic (exact) mass is 385 g/mol. The first-order valence-electron chi connectivity index (χ1n) is 7.50. The molecule has 0 bridgehead atoms. The molecule has 1 amide bonds. The summed E-state index contributed by atoms with van der Waals surface area (Å²) in [5.41, 5.74) is 4.66. The average Bonchev–Trinajstić information content (AvgIpc) is 2.95. The van der Waals surface area contributed by atoms with Crippen LogP contribution in [0.2, 0.25) is 0 Å². The second-order valence-corrected chi connectivity index (χ2v) is 6.16. The van der Waals surface area contributed by atoms with Crippen molar-refractivity contribution in [2.45, 2.75) is 13.5 Å². The quantitative estimate of drug-likeness (QED) is 0.528. The second kappa shape index (κ2) is 6.88. The number of hydrogen-bond donors (Lipinski definition) is 2. The molecule has 0 atom stereocenters. The van der Waals surface area contributed by atoms with Crippen LogP contribution < -0.4 is 5.43 Å². The Hall–Kier alpha value is -2.60. The van der Waals surface area contributed by atoms with Crippen LogP contribution in [0.3, 0.4) is 0 Å². The number of aryl methyl sites for hydroxylation is 1. The van der Waals surface area contributed by atoms with Crippen molar-refractivity contribution < 1.29 is 9.90 Å². The van der Waals surface area contributed by atoms with Crippen molar-refractivity contribution in [3.05, 3.63) is 64.3 Å². The fourth-order valence-corrected chi connectivity index (χ4v) is 2.91. The van der Waals surface area contributed by atoms with Gasteiger partial charge >= 0.3 is 0 Å². The van der Waals surface area contributed by atoms with Crippen LogP contribution in [0.4, 0.5) is 0 Å². The standard InChI is InChI=1S/C18H16BrN3O2/c1-2-22-11-12(14-5-3-4-6-16(14)22)10-20-21-18(24)15-9-13(19)7-8-17(15)23/h3-11,23H,2H2,1H3,(H,21,24)/b20-10-. The van der Waals surface area contributed by atoms with Crippen molar-refractivity contribution in [3.63, 3.8) is 0 Å². The highest BCUT2D eigenvalue weighted by atomic mass is 79.9. The first-order valence-corrected chi connectivity index (χ1v) is 8.29. The van der Waals surface area contributed by atoms with Gasteiger partial charge < -0.3 is 9.67 Å². The predicted molar refractivity (Wildman–Crippen MR) is 98.5 cm³/mol. The summed E-state index contributed by atoms with van der Waals surface area (Å²) >= 11 is 3.28. The molecule has 6 heteroatoms. The number of phenols is 1. The highest BCUT2D eigenvalue weighted by Gasteiger charge is 2.11. The third-order valence-corrected chi connectivity index (χ3v) is 4.23. The third kappa shape index (κ3) is 3.19. The lowest BCUT2D eigenvalue weighted by molar-refractivity contribution is 0.0952. The molecule has 2 aromatic carbocycles. The maximum absolute atomic E-state index is 12.1. The number of rotatable bonds is 4. The van der Waals surface area contributed by atoms with Crippen molar-refractivity contribution in [2.24, 2.45) is 5.10 Å². The van der Waals surface area contributed by atoms with E-state index in [9.17, 15) is 9.90 Å². The smallest absolute Gasteiger partial charge is 0.275 e.